The van der Waals surface area contributed by atoms with Crippen LogP contribution in [0.3, 0.4) is 0 Å². The summed E-state index contributed by atoms with van der Waals surface area (Å²) in [5.74, 6) is -1.00. The number of aliphatic carboxylic acids is 1. The van der Waals surface area contributed by atoms with Crippen molar-refractivity contribution in [3.63, 3.8) is 0 Å². The summed E-state index contributed by atoms with van der Waals surface area (Å²) in [5, 5.41) is 12.0. The molecule has 1 aromatic heterocycles. The molecule has 1 fully saturated rings. The number of hydrogen-bond donors (Lipinski definition) is 1. The number of halogens is 1. The number of aryl methyl sites for hydroxylation is 1. The lowest BCUT2D eigenvalue weighted by atomic mass is 9.86. The summed E-state index contributed by atoms with van der Waals surface area (Å²) in [4.78, 5) is 14.9. The Morgan fingerprint density at radius 2 is 1.82 bits per heavy atom. The van der Waals surface area contributed by atoms with E-state index < -0.39 is 17.7 Å². The number of nitrogens with zero attached hydrogens (tertiary/aromatic N) is 2. The average molecular weight is 483 g/mol. The Bertz CT molecular complexity index is 1290. The third-order valence-corrected chi connectivity index (χ3v) is 7.30. The van der Waals surface area contributed by atoms with Crippen LogP contribution in [0.2, 0.25) is 5.02 Å². The first-order valence-electron chi connectivity index (χ1n) is 11.6. The Morgan fingerprint density at radius 3 is 2.44 bits per heavy atom. The van der Waals surface area contributed by atoms with Gasteiger partial charge in [0.05, 0.1) is 42.1 Å². The maximum atomic E-state index is 12.7. The lowest BCUT2D eigenvalue weighted by Crippen LogP contribution is -2.43. The van der Waals surface area contributed by atoms with Crippen LogP contribution in [0.1, 0.15) is 49.7 Å². The van der Waals surface area contributed by atoms with Gasteiger partial charge in [-0.05, 0) is 69.5 Å². The van der Waals surface area contributed by atoms with Gasteiger partial charge >= 0.3 is 5.97 Å². The molecular weight excluding hydrogens is 452 g/mol. The maximum absolute atomic E-state index is 12.7. The lowest BCUT2D eigenvalue weighted by Gasteiger charge is -2.40. The van der Waals surface area contributed by atoms with Crippen LogP contribution in [-0.4, -0.2) is 47.5 Å². The molecule has 3 heterocycles. The molecule has 1 saturated heterocycles. The van der Waals surface area contributed by atoms with Crippen LogP contribution in [0.5, 0.6) is 0 Å². The topological polar surface area (TPSA) is 63.9 Å². The molecule has 0 bridgehead atoms. The Kier molecular flexibility index (Phi) is 5.47. The van der Waals surface area contributed by atoms with Crippen molar-refractivity contribution in [2.75, 3.05) is 25.2 Å². The highest BCUT2D eigenvalue weighted by molar-refractivity contribution is 6.30. The standard InChI is InChI=1S/C27H31ClN2O4/c1-14-11-18-22(16-7-9-17(28)10-8-16)21(25(26(31)32)34-27(3,4)5)15(2)23-24(18)30(14)20-13-33-12-19(20)29(23)6/h7-11,19-20,25H,12-13H2,1-6H3,(H,31,32)/t19?,20?,25-/m0/s1. The quantitative estimate of drug-likeness (QED) is 0.501. The van der Waals surface area contributed by atoms with Crippen molar-refractivity contribution in [3.05, 3.63) is 52.2 Å². The van der Waals surface area contributed by atoms with Gasteiger partial charge in [0.2, 0.25) is 0 Å². The van der Waals surface area contributed by atoms with Gasteiger partial charge in [-0.2, -0.15) is 0 Å². The molecule has 2 aliphatic heterocycles. The van der Waals surface area contributed by atoms with Crippen LogP contribution in [0, 0.1) is 13.8 Å². The van der Waals surface area contributed by atoms with Crippen molar-refractivity contribution in [2.45, 2.75) is 58.4 Å². The third-order valence-electron chi connectivity index (χ3n) is 7.05. The Balaban J connectivity index is 1.92. The van der Waals surface area contributed by atoms with E-state index in [9.17, 15) is 9.90 Å². The number of likely N-dealkylation sites (N-methyl/N-ethyl adjacent to an activating group) is 1. The molecule has 6 nitrogen and oxygen atoms in total. The van der Waals surface area contributed by atoms with Crippen LogP contribution in [0.25, 0.3) is 22.0 Å². The molecule has 34 heavy (non-hydrogen) atoms. The molecule has 3 aromatic rings. The molecule has 2 unspecified atom stereocenters. The van der Waals surface area contributed by atoms with Gasteiger partial charge in [0.1, 0.15) is 0 Å². The summed E-state index contributed by atoms with van der Waals surface area (Å²) < 4.78 is 14.5. The number of benzene rings is 2. The van der Waals surface area contributed by atoms with Crippen molar-refractivity contribution in [2.24, 2.45) is 0 Å². The van der Waals surface area contributed by atoms with Gasteiger partial charge in [0.15, 0.2) is 6.10 Å². The zero-order valence-electron chi connectivity index (χ0n) is 20.5. The molecule has 5 rings (SSSR count). The third kappa shape index (κ3) is 3.51. The molecule has 0 aliphatic carbocycles. The molecule has 1 N–H and O–H groups in total. The first-order chi connectivity index (χ1) is 16.0. The zero-order valence-corrected chi connectivity index (χ0v) is 21.2. The maximum Gasteiger partial charge on any atom is 0.337 e. The number of fused-ring (bicyclic) bond motifs is 2. The second-order valence-electron chi connectivity index (χ2n) is 10.4. The molecule has 2 aromatic carbocycles. The Hall–Kier alpha value is -2.54. The van der Waals surface area contributed by atoms with Crippen LogP contribution in [0.4, 0.5) is 5.69 Å². The molecular formula is C27H31ClN2O4. The average Bonchev–Trinajstić information content (AvgIpc) is 3.35. The van der Waals surface area contributed by atoms with Crippen LogP contribution in [-0.2, 0) is 14.3 Å². The number of aromatic nitrogens is 1. The highest BCUT2D eigenvalue weighted by Gasteiger charge is 2.42. The van der Waals surface area contributed by atoms with Gasteiger partial charge < -0.3 is 24.0 Å². The fraction of sp³-hybridized carbons (Fsp3) is 0.444. The van der Waals surface area contributed by atoms with E-state index in [-0.39, 0.29) is 12.1 Å². The normalized spacial score (nSPS) is 20.6. The number of carboxylic acid groups (broad SMARTS) is 1. The predicted octanol–water partition coefficient (Wildman–Crippen LogP) is 5.91. The number of ether oxygens (including phenoxy) is 2. The summed E-state index contributed by atoms with van der Waals surface area (Å²) in [6, 6.07) is 10.2. The minimum atomic E-state index is -1.12. The number of carbonyl (C=O) groups is 1. The second kappa shape index (κ2) is 8.01. The summed E-state index contributed by atoms with van der Waals surface area (Å²) in [7, 11) is 2.09. The lowest BCUT2D eigenvalue weighted by molar-refractivity contribution is -0.160. The second-order valence-corrected chi connectivity index (χ2v) is 10.9. The van der Waals surface area contributed by atoms with Crippen LogP contribution in [0.15, 0.2) is 30.3 Å². The van der Waals surface area contributed by atoms with E-state index in [1.807, 2.05) is 52.0 Å². The van der Waals surface area contributed by atoms with Crippen LogP contribution >= 0.6 is 11.6 Å². The van der Waals surface area contributed by atoms with E-state index in [1.54, 1.807) is 0 Å². The summed E-state index contributed by atoms with van der Waals surface area (Å²) in [6.07, 6.45) is -1.12. The van der Waals surface area contributed by atoms with Gasteiger partial charge in [-0.3, -0.25) is 0 Å². The Morgan fingerprint density at radius 1 is 1.18 bits per heavy atom. The van der Waals surface area contributed by atoms with E-state index in [2.05, 4.69) is 29.5 Å². The monoisotopic (exact) mass is 482 g/mol. The number of hydrogen-bond acceptors (Lipinski definition) is 4. The Labute approximate surface area is 205 Å². The predicted molar refractivity (Wildman–Crippen MR) is 135 cm³/mol. The summed E-state index contributed by atoms with van der Waals surface area (Å²) in [6.45, 7) is 11.1. The molecule has 0 spiro atoms. The first-order valence-corrected chi connectivity index (χ1v) is 12.0. The molecule has 0 amide bonds. The van der Waals surface area contributed by atoms with Gasteiger partial charge in [0.25, 0.3) is 0 Å². The molecule has 180 valence electrons. The zero-order chi connectivity index (χ0) is 24.5. The molecule has 3 atom stereocenters. The SMILES string of the molecule is Cc1c([C@H](OC(C)(C)C)C(=O)O)c(-c2ccc(Cl)cc2)c2cc(C)n3c2c1N(C)C1COCC13. The minimum absolute atomic E-state index is 0.196. The van der Waals surface area contributed by atoms with Crippen molar-refractivity contribution in [3.8, 4) is 11.1 Å². The number of carboxylic acids is 1. The molecule has 2 aliphatic rings. The number of rotatable bonds is 4. The fourth-order valence-electron chi connectivity index (χ4n) is 5.74. The summed E-state index contributed by atoms with van der Waals surface area (Å²) in [5.41, 5.74) is 6.08. The first kappa shape index (κ1) is 23.2. The minimum Gasteiger partial charge on any atom is -0.479 e. The van der Waals surface area contributed by atoms with E-state index in [1.165, 1.54) is 0 Å². The highest BCUT2D eigenvalue weighted by Crippen LogP contribution is 2.51. The van der Waals surface area contributed by atoms with Crippen molar-refractivity contribution in [1.29, 1.82) is 0 Å². The van der Waals surface area contributed by atoms with Gasteiger partial charge in [-0.1, -0.05) is 23.7 Å². The van der Waals surface area contributed by atoms with Crippen molar-refractivity contribution >= 4 is 34.2 Å². The highest BCUT2D eigenvalue weighted by atomic mass is 35.5. The van der Waals surface area contributed by atoms with Gasteiger partial charge in [-0.15, -0.1) is 0 Å². The van der Waals surface area contributed by atoms with Crippen LogP contribution < -0.4 is 4.90 Å². The van der Waals surface area contributed by atoms with E-state index in [0.717, 1.165) is 39.0 Å². The molecule has 0 radical (unpaired) electrons. The van der Waals surface area contributed by atoms with Crippen molar-refractivity contribution in [1.82, 2.24) is 4.57 Å². The van der Waals surface area contributed by atoms with Crippen molar-refractivity contribution < 1.29 is 19.4 Å². The largest absolute Gasteiger partial charge is 0.479 e. The van der Waals surface area contributed by atoms with Gasteiger partial charge in [-0.25, -0.2) is 4.79 Å². The number of anilines is 1. The smallest absolute Gasteiger partial charge is 0.337 e. The van der Waals surface area contributed by atoms with Gasteiger partial charge in [0, 0.05) is 28.7 Å². The molecule has 0 saturated carbocycles. The summed E-state index contributed by atoms with van der Waals surface area (Å²) >= 11 is 6.21. The van der Waals surface area contributed by atoms with E-state index >= 15 is 0 Å². The molecule has 7 heteroatoms. The van der Waals surface area contributed by atoms with E-state index in [4.69, 9.17) is 21.1 Å². The van der Waals surface area contributed by atoms with E-state index in [0.29, 0.717) is 23.8 Å². The fourth-order valence-corrected chi connectivity index (χ4v) is 5.86.